The third kappa shape index (κ3) is 4.62. The van der Waals surface area contributed by atoms with Crippen molar-refractivity contribution in [2.75, 3.05) is 26.7 Å². The topological polar surface area (TPSA) is 44.4 Å². The van der Waals surface area contributed by atoms with Crippen LogP contribution in [0, 0.1) is 5.41 Å². The lowest BCUT2D eigenvalue weighted by Gasteiger charge is -2.38. The fourth-order valence-corrected chi connectivity index (χ4v) is 2.81. The first-order valence-corrected chi connectivity index (χ1v) is 7.22. The summed E-state index contributed by atoms with van der Waals surface area (Å²) >= 11 is 0. The van der Waals surface area contributed by atoms with Crippen LogP contribution >= 0.6 is 12.4 Å². The fraction of sp³-hybridized carbons (Fsp3) is 0.929. The van der Waals surface area contributed by atoms with E-state index in [2.05, 4.69) is 36.4 Å². The molecule has 5 heteroatoms. The molecule has 112 valence electrons. The molecule has 0 spiro atoms. The number of nitrogens with zero attached hydrogens (tertiary/aromatic N) is 1. The van der Waals surface area contributed by atoms with Crippen LogP contribution in [0.1, 0.15) is 39.5 Å². The Labute approximate surface area is 123 Å². The highest BCUT2D eigenvalue weighted by Gasteiger charge is 2.36. The molecule has 1 aliphatic heterocycles. The quantitative estimate of drug-likeness (QED) is 0.804. The zero-order valence-corrected chi connectivity index (χ0v) is 13.2. The Morgan fingerprint density at radius 2 is 2.11 bits per heavy atom. The summed E-state index contributed by atoms with van der Waals surface area (Å²) in [7, 11) is 2.15. The Bertz CT molecular complexity index is 305. The highest BCUT2D eigenvalue weighted by atomic mass is 35.5. The summed E-state index contributed by atoms with van der Waals surface area (Å²) in [4.78, 5) is 14.5. The predicted octanol–water partition coefficient (Wildman–Crippen LogP) is 1.40. The third-order valence-corrected chi connectivity index (χ3v) is 4.32. The van der Waals surface area contributed by atoms with E-state index in [1.165, 1.54) is 19.3 Å². The van der Waals surface area contributed by atoms with Gasteiger partial charge in [0.15, 0.2) is 0 Å². The molecule has 1 heterocycles. The molecule has 1 unspecified atom stereocenters. The molecular weight excluding hydrogens is 262 g/mol. The Kier molecular flexibility index (Phi) is 6.09. The number of hydrogen-bond donors (Lipinski definition) is 2. The zero-order valence-electron chi connectivity index (χ0n) is 12.4. The van der Waals surface area contributed by atoms with E-state index in [-0.39, 0.29) is 29.8 Å². The van der Waals surface area contributed by atoms with Gasteiger partial charge in [0, 0.05) is 19.1 Å². The summed E-state index contributed by atoms with van der Waals surface area (Å²) in [5, 5.41) is 6.44. The molecular formula is C14H28ClN3O. The van der Waals surface area contributed by atoms with Gasteiger partial charge in [-0.2, -0.15) is 0 Å². The van der Waals surface area contributed by atoms with E-state index in [1.807, 2.05) is 0 Å². The van der Waals surface area contributed by atoms with Gasteiger partial charge in [0.2, 0.25) is 5.91 Å². The monoisotopic (exact) mass is 289 g/mol. The smallest absolute Gasteiger partial charge is 0.237 e. The van der Waals surface area contributed by atoms with Crippen LogP contribution in [0.5, 0.6) is 0 Å². The summed E-state index contributed by atoms with van der Waals surface area (Å²) in [5.74, 6) is 0.170. The lowest BCUT2D eigenvalue weighted by atomic mass is 9.77. The minimum Gasteiger partial charge on any atom is -0.353 e. The molecule has 0 radical (unpaired) electrons. The summed E-state index contributed by atoms with van der Waals surface area (Å²) < 4.78 is 0. The number of nitrogens with one attached hydrogen (secondary N) is 2. The highest BCUT2D eigenvalue weighted by molar-refractivity contribution is 5.85. The summed E-state index contributed by atoms with van der Waals surface area (Å²) in [6.07, 6.45) is 4.94. The number of likely N-dealkylation sites (N-methyl/N-ethyl adjacent to an activating group) is 1. The number of carbonyl (C=O) groups excluding carboxylic acids is 1. The van der Waals surface area contributed by atoms with Gasteiger partial charge in [-0.15, -0.1) is 12.4 Å². The molecule has 1 saturated carbocycles. The molecule has 0 aromatic heterocycles. The van der Waals surface area contributed by atoms with Crippen molar-refractivity contribution in [2.24, 2.45) is 5.41 Å². The Morgan fingerprint density at radius 1 is 1.42 bits per heavy atom. The van der Waals surface area contributed by atoms with Gasteiger partial charge in [0.05, 0.1) is 6.04 Å². The Hall–Kier alpha value is -0.320. The second-order valence-electron chi connectivity index (χ2n) is 6.48. The van der Waals surface area contributed by atoms with Gasteiger partial charge in [0.1, 0.15) is 0 Å². The van der Waals surface area contributed by atoms with Gasteiger partial charge in [0.25, 0.3) is 0 Å². The number of halogens is 1. The molecule has 1 saturated heterocycles. The maximum Gasteiger partial charge on any atom is 0.237 e. The predicted molar refractivity (Wildman–Crippen MR) is 80.7 cm³/mol. The number of piperidine rings is 1. The van der Waals surface area contributed by atoms with Crippen molar-refractivity contribution >= 4 is 18.3 Å². The van der Waals surface area contributed by atoms with Crippen molar-refractivity contribution in [3.63, 3.8) is 0 Å². The van der Waals surface area contributed by atoms with Crippen LogP contribution in [0.4, 0.5) is 0 Å². The van der Waals surface area contributed by atoms with Gasteiger partial charge >= 0.3 is 0 Å². The molecule has 1 atom stereocenters. The molecule has 0 bridgehead atoms. The minimum absolute atomic E-state index is 0. The van der Waals surface area contributed by atoms with Crippen molar-refractivity contribution in [1.29, 1.82) is 0 Å². The van der Waals surface area contributed by atoms with Gasteiger partial charge in [-0.25, -0.2) is 0 Å². The zero-order chi connectivity index (χ0) is 13.2. The van der Waals surface area contributed by atoms with Crippen LogP contribution in [0.25, 0.3) is 0 Å². The lowest BCUT2D eigenvalue weighted by molar-refractivity contribution is -0.126. The van der Waals surface area contributed by atoms with E-state index in [4.69, 9.17) is 0 Å². The minimum atomic E-state index is -0.0301. The van der Waals surface area contributed by atoms with Crippen molar-refractivity contribution < 1.29 is 4.79 Å². The van der Waals surface area contributed by atoms with Crippen LogP contribution in [0.15, 0.2) is 0 Å². The van der Waals surface area contributed by atoms with Crippen LogP contribution < -0.4 is 10.6 Å². The largest absolute Gasteiger partial charge is 0.353 e. The van der Waals surface area contributed by atoms with E-state index in [9.17, 15) is 4.79 Å². The molecule has 2 rings (SSSR count). The normalized spacial score (nSPS) is 25.8. The van der Waals surface area contributed by atoms with Gasteiger partial charge < -0.3 is 15.5 Å². The lowest BCUT2D eigenvalue weighted by Crippen LogP contribution is -2.56. The highest BCUT2D eigenvalue weighted by Crippen LogP contribution is 2.30. The second-order valence-corrected chi connectivity index (χ2v) is 6.48. The SMILES string of the molecule is CN(CCNC(=O)C1NCCCC1(C)C)C1CC1.Cl. The maximum absolute atomic E-state index is 12.2. The molecule has 2 N–H and O–H groups in total. The van der Waals surface area contributed by atoms with Crippen molar-refractivity contribution in [1.82, 2.24) is 15.5 Å². The van der Waals surface area contributed by atoms with E-state index in [1.54, 1.807) is 0 Å². The van der Waals surface area contributed by atoms with Gasteiger partial charge in [-0.1, -0.05) is 13.8 Å². The molecule has 0 aromatic rings. The average molecular weight is 290 g/mol. The number of rotatable bonds is 5. The first kappa shape index (κ1) is 16.7. The van der Waals surface area contributed by atoms with Crippen molar-refractivity contribution in [3.05, 3.63) is 0 Å². The van der Waals surface area contributed by atoms with Crippen LogP contribution in [-0.4, -0.2) is 49.6 Å². The van der Waals surface area contributed by atoms with Gasteiger partial charge in [-0.05, 0) is 44.7 Å². The molecule has 2 aliphatic rings. The van der Waals surface area contributed by atoms with E-state index >= 15 is 0 Å². The van der Waals surface area contributed by atoms with E-state index in [0.29, 0.717) is 0 Å². The van der Waals surface area contributed by atoms with Crippen LogP contribution in [-0.2, 0) is 4.79 Å². The summed E-state index contributed by atoms with van der Waals surface area (Å²) in [6, 6.07) is 0.739. The Balaban J connectivity index is 0.00000180. The molecule has 0 aromatic carbocycles. The molecule has 4 nitrogen and oxygen atoms in total. The van der Waals surface area contributed by atoms with Crippen molar-refractivity contribution in [2.45, 2.75) is 51.6 Å². The first-order valence-electron chi connectivity index (χ1n) is 7.22. The fourth-order valence-electron chi connectivity index (χ4n) is 2.81. The van der Waals surface area contributed by atoms with Crippen molar-refractivity contribution in [3.8, 4) is 0 Å². The molecule has 1 aliphatic carbocycles. The maximum atomic E-state index is 12.2. The third-order valence-electron chi connectivity index (χ3n) is 4.32. The summed E-state index contributed by atoms with van der Waals surface area (Å²) in [5.41, 5.74) is 0.0741. The molecule has 1 amide bonds. The van der Waals surface area contributed by atoms with Crippen LogP contribution in [0.3, 0.4) is 0 Å². The first-order chi connectivity index (χ1) is 8.50. The number of amides is 1. The number of carbonyl (C=O) groups is 1. The van der Waals surface area contributed by atoms with Crippen LogP contribution in [0.2, 0.25) is 0 Å². The van der Waals surface area contributed by atoms with E-state index in [0.717, 1.165) is 32.1 Å². The average Bonchev–Trinajstić information content (AvgIpc) is 3.11. The standard InChI is InChI=1S/C14H27N3O.ClH/c1-14(2)7-4-8-15-12(14)13(18)16-9-10-17(3)11-5-6-11;/h11-12,15H,4-10H2,1-3H3,(H,16,18);1H. The van der Waals surface area contributed by atoms with E-state index < -0.39 is 0 Å². The van der Waals surface area contributed by atoms with Gasteiger partial charge in [-0.3, -0.25) is 4.79 Å². The second kappa shape index (κ2) is 6.91. The Morgan fingerprint density at radius 3 is 2.68 bits per heavy atom. The molecule has 19 heavy (non-hydrogen) atoms. The summed E-state index contributed by atoms with van der Waals surface area (Å²) in [6.45, 7) is 7.05. The molecule has 2 fully saturated rings. The number of hydrogen-bond acceptors (Lipinski definition) is 3.